The highest BCUT2D eigenvalue weighted by Crippen LogP contribution is 2.28. The predicted molar refractivity (Wildman–Crippen MR) is 91.0 cm³/mol. The van der Waals surface area contributed by atoms with Crippen LogP contribution in [0.4, 0.5) is 5.00 Å². The van der Waals surface area contributed by atoms with Gasteiger partial charge in [-0.15, -0.1) is 11.3 Å². The molecule has 114 valence electrons. The molecule has 0 aliphatic carbocycles. The van der Waals surface area contributed by atoms with E-state index in [9.17, 15) is 9.00 Å². The summed E-state index contributed by atoms with van der Waals surface area (Å²) in [5.41, 5.74) is 1.29. The Morgan fingerprint density at radius 1 is 1.36 bits per heavy atom. The van der Waals surface area contributed by atoms with Crippen molar-refractivity contribution in [3.63, 3.8) is 0 Å². The third-order valence-electron chi connectivity index (χ3n) is 3.13. The number of H-pyrrole nitrogens is 1. The van der Waals surface area contributed by atoms with Gasteiger partial charge < -0.3 is 10.3 Å². The molecule has 1 atom stereocenters. The summed E-state index contributed by atoms with van der Waals surface area (Å²) >= 11 is 7.27. The van der Waals surface area contributed by atoms with E-state index in [1.54, 1.807) is 36.8 Å². The van der Waals surface area contributed by atoms with Crippen molar-refractivity contribution in [2.45, 2.75) is 4.90 Å². The van der Waals surface area contributed by atoms with E-state index in [2.05, 4.69) is 15.0 Å². The average Bonchev–Trinajstić information content (AvgIpc) is 3.12. The first-order valence-electron chi connectivity index (χ1n) is 6.35. The van der Waals surface area contributed by atoms with E-state index in [1.165, 1.54) is 11.3 Å². The fourth-order valence-corrected chi connectivity index (χ4v) is 4.22. The quantitative estimate of drug-likeness (QED) is 0.672. The lowest BCUT2D eigenvalue weighted by Gasteiger charge is -2.05. The highest BCUT2D eigenvalue weighted by Gasteiger charge is 2.16. The van der Waals surface area contributed by atoms with E-state index >= 15 is 0 Å². The molecule has 3 aromatic rings. The van der Waals surface area contributed by atoms with Gasteiger partial charge in [-0.2, -0.15) is 0 Å². The minimum atomic E-state index is -1.49. The third kappa shape index (κ3) is 2.75. The molecule has 0 saturated heterocycles. The summed E-state index contributed by atoms with van der Waals surface area (Å²) in [4.78, 5) is 15.4. The molecule has 0 bridgehead atoms. The standard InChI is InChI=1S/C14H12ClN3O2S2/c1-16-13(19)10-4-5-21-14(10)18-22(20)12-7-17-11-6-8(15)2-3-9(11)12/h2-7,17-18H,1H3,(H,16,19). The number of rotatable bonds is 4. The van der Waals surface area contributed by atoms with Gasteiger partial charge in [0.2, 0.25) is 0 Å². The molecule has 1 aromatic carbocycles. The van der Waals surface area contributed by atoms with E-state index in [4.69, 9.17) is 11.6 Å². The van der Waals surface area contributed by atoms with Crippen molar-refractivity contribution in [1.82, 2.24) is 10.3 Å². The Morgan fingerprint density at radius 2 is 2.18 bits per heavy atom. The van der Waals surface area contributed by atoms with E-state index < -0.39 is 11.0 Å². The smallest absolute Gasteiger partial charge is 0.254 e. The van der Waals surface area contributed by atoms with E-state index in [-0.39, 0.29) is 5.91 Å². The van der Waals surface area contributed by atoms with Crippen molar-refractivity contribution >= 4 is 55.7 Å². The summed E-state index contributed by atoms with van der Waals surface area (Å²) in [7, 11) is 0.0741. The van der Waals surface area contributed by atoms with Crippen LogP contribution < -0.4 is 10.0 Å². The summed E-state index contributed by atoms with van der Waals surface area (Å²) in [6.07, 6.45) is 1.68. The predicted octanol–water partition coefficient (Wildman–Crippen LogP) is 3.38. The van der Waals surface area contributed by atoms with Gasteiger partial charge in [-0.05, 0) is 23.6 Å². The van der Waals surface area contributed by atoms with Crippen LogP contribution in [0.1, 0.15) is 10.4 Å². The lowest BCUT2D eigenvalue weighted by molar-refractivity contribution is 0.0964. The second-order valence-electron chi connectivity index (χ2n) is 4.46. The molecule has 3 rings (SSSR count). The van der Waals surface area contributed by atoms with E-state index in [0.717, 1.165) is 10.9 Å². The molecule has 1 unspecified atom stereocenters. The first-order chi connectivity index (χ1) is 10.6. The van der Waals surface area contributed by atoms with Gasteiger partial charge in [0.25, 0.3) is 5.91 Å². The van der Waals surface area contributed by atoms with Crippen LogP contribution in [0.15, 0.2) is 40.7 Å². The van der Waals surface area contributed by atoms with Gasteiger partial charge >= 0.3 is 0 Å². The number of aromatic amines is 1. The number of nitrogens with one attached hydrogen (secondary N) is 3. The molecular formula is C14H12ClN3O2S2. The Kier molecular flexibility index (Phi) is 4.19. The zero-order chi connectivity index (χ0) is 15.7. The Morgan fingerprint density at radius 3 is 2.95 bits per heavy atom. The topological polar surface area (TPSA) is 74.0 Å². The van der Waals surface area contributed by atoms with Crippen LogP contribution in [0, 0.1) is 0 Å². The highest BCUT2D eigenvalue weighted by atomic mass is 35.5. The molecule has 0 aliphatic heterocycles. The van der Waals surface area contributed by atoms with Gasteiger partial charge in [0.05, 0.1) is 10.5 Å². The number of aromatic nitrogens is 1. The first-order valence-corrected chi connectivity index (χ1v) is 8.75. The van der Waals surface area contributed by atoms with Gasteiger partial charge in [0.1, 0.15) is 5.00 Å². The molecule has 5 nitrogen and oxygen atoms in total. The van der Waals surface area contributed by atoms with Gasteiger partial charge in [0, 0.05) is 29.2 Å². The number of hydrogen-bond acceptors (Lipinski definition) is 3. The summed E-state index contributed by atoms with van der Waals surface area (Å²) in [5.74, 6) is -0.216. The second-order valence-corrected chi connectivity index (χ2v) is 6.99. The fraction of sp³-hybridized carbons (Fsp3) is 0.0714. The lowest BCUT2D eigenvalue weighted by atomic mass is 10.2. The maximum Gasteiger partial charge on any atom is 0.254 e. The molecule has 22 heavy (non-hydrogen) atoms. The van der Waals surface area contributed by atoms with Crippen LogP contribution in [0.5, 0.6) is 0 Å². The van der Waals surface area contributed by atoms with Crippen molar-refractivity contribution in [1.29, 1.82) is 0 Å². The van der Waals surface area contributed by atoms with Crippen LogP contribution in [0.25, 0.3) is 10.9 Å². The average molecular weight is 354 g/mol. The van der Waals surface area contributed by atoms with Crippen molar-refractivity contribution in [2.24, 2.45) is 0 Å². The molecule has 2 heterocycles. The van der Waals surface area contributed by atoms with Crippen LogP contribution in [0.2, 0.25) is 5.02 Å². The van der Waals surface area contributed by atoms with Gasteiger partial charge in [-0.3, -0.25) is 9.52 Å². The summed E-state index contributed by atoms with van der Waals surface area (Å²) in [5, 5.41) is 6.34. The molecule has 0 aliphatic rings. The number of fused-ring (bicyclic) bond motifs is 1. The Hall–Kier alpha value is -1.83. The fourth-order valence-electron chi connectivity index (χ4n) is 2.07. The van der Waals surface area contributed by atoms with Crippen LogP contribution in [-0.2, 0) is 11.0 Å². The number of carbonyl (C=O) groups is 1. The van der Waals surface area contributed by atoms with Crippen molar-refractivity contribution in [2.75, 3.05) is 11.8 Å². The monoisotopic (exact) mass is 353 g/mol. The zero-order valence-corrected chi connectivity index (χ0v) is 13.9. The van der Waals surface area contributed by atoms with Gasteiger partial charge in [-0.25, -0.2) is 4.21 Å². The Labute approximate surface area is 138 Å². The number of amides is 1. The Bertz CT molecular complexity index is 872. The first kappa shape index (κ1) is 15.1. The van der Waals surface area contributed by atoms with Crippen LogP contribution in [0.3, 0.4) is 0 Å². The normalized spacial score (nSPS) is 12.3. The SMILES string of the molecule is CNC(=O)c1ccsc1NS(=O)c1c[nH]c2cc(Cl)ccc12. The molecule has 2 aromatic heterocycles. The molecule has 0 radical (unpaired) electrons. The maximum absolute atomic E-state index is 12.6. The van der Waals surface area contributed by atoms with Crippen molar-refractivity contribution in [3.05, 3.63) is 46.4 Å². The Balaban J connectivity index is 1.91. The number of benzene rings is 1. The molecular weight excluding hydrogens is 342 g/mol. The summed E-state index contributed by atoms with van der Waals surface area (Å²) in [6.45, 7) is 0. The zero-order valence-electron chi connectivity index (χ0n) is 11.5. The molecule has 0 saturated carbocycles. The van der Waals surface area contributed by atoms with Crippen molar-refractivity contribution in [3.8, 4) is 0 Å². The highest BCUT2D eigenvalue weighted by molar-refractivity contribution is 7.86. The maximum atomic E-state index is 12.6. The number of carbonyl (C=O) groups excluding carboxylic acids is 1. The molecule has 1 amide bonds. The van der Waals surface area contributed by atoms with Crippen LogP contribution >= 0.6 is 22.9 Å². The van der Waals surface area contributed by atoms with Crippen LogP contribution in [-0.4, -0.2) is 22.1 Å². The number of anilines is 1. The number of halogens is 1. The minimum absolute atomic E-state index is 0.216. The second kappa shape index (κ2) is 6.12. The van der Waals surface area contributed by atoms with Crippen molar-refractivity contribution < 1.29 is 9.00 Å². The molecule has 3 N–H and O–H groups in total. The number of thiophene rings is 1. The summed E-state index contributed by atoms with van der Waals surface area (Å²) < 4.78 is 15.4. The van der Waals surface area contributed by atoms with E-state index in [1.807, 2.05) is 6.07 Å². The summed E-state index contributed by atoms with van der Waals surface area (Å²) in [6, 6.07) is 7.04. The van der Waals surface area contributed by atoms with E-state index in [0.29, 0.717) is 20.5 Å². The van der Waals surface area contributed by atoms with Gasteiger partial charge in [0.15, 0.2) is 11.0 Å². The van der Waals surface area contributed by atoms with Gasteiger partial charge in [-0.1, -0.05) is 17.7 Å². The molecule has 0 spiro atoms. The third-order valence-corrected chi connectivity index (χ3v) is 5.45. The lowest BCUT2D eigenvalue weighted by Crippen LogP contribution is -2.18. The molecule has 8 heteroatoms. The minimum Gasteiger partial charge on any atom is -0.360 e. The largest absolute Gasteiger partial charge is 0.360 e. The molecule has 0 fully saturated rings. The number of hydrogen-bond donors (Lipinski definition) is 3.